The average molecular weight is 682 g/mol. The van der Waals surface area contributed by atoms with Crippen molar-refractivity contribution >= 4 is 5.57 Å². The molecule has 0 bridgehead atoms. The minimum Gasteiger partial charge on any atom is -0.330 e. The Morgan fingerprint density at radius 3 is 1.74 bits per heavy atom. The van der Waals surface area contributed by atoms with Crippen LogP contribution in [0.15, 0.2) is 171 Å². The monoisotopic (exact) mass is 681 g/mol. The van der Waals surface area contributed by atoms with Crippen LogP contribution in [0.3, 0.4) is 0 Å². The normalized spacial score (nSPS) is 15.8. The van der Waals surface area contributed by atoms with E-state index in [1.165, 1.54) is 44.5 Å². The molecular weight excluding hydrogens is 651 g/mol. The Labute approximate surface area is 306 Å². The minimum absolute atomic E-state index is 0.199. The lowest BCUT2D eigenvalue weighted by Gasteiger charge is -2.30. The van der Waals surface area contributed by atoms with Crippen LogP contribution >= 0.6 is 0 Å². The Morgan fingerprint density at radius 2 is 1.13 bits per heavy atom. The Hall–Kier alpha value is -6.99. The van der Waals surface area contributed by atoms with Crippen molar-refractivity contribution in [3.8, 4) is 50.7 Å². The molecule has 1 atom stereocenters. The summed E-state index contributed by atoms with van der Waals surface area (Å²) in [6, 6.07) is 41.9. The van der Waals surface area contributed by atoms with Crippen LogP contribution in [0.1, 0.15) is 40.5 Å². The summed E-state index contributed by atoms with van der Waals surface area (Å²) in [4.78, 5) is 23.9. The fraction of sp³-hybridized carbons (Fsp3) is 0.0652. The lowest BCUT2D eigenvalue weighted by atomic mass is 9.70. The molecular formula is C46H31N7. The van der Waals surface area contributed by atoms with Crippen LogP contribution in [0.5, 0.6) is 0 Å². The molecule has 0 radical (unpaired) electrons. The summed E-state index contributed by atoms with van der Waals surface area (Å²) in [5, 5.41) is 0. The van der Waals surface area contributed by atoms with Gasteiger partial charge in [-0.3, -0.25) is 0 Å². The fourth-order valence-electron chi connectivity index (χ4n) is 8.65. The molecule has 0 aliphatic heterocycles. The number of nitrogens with zero attached hydrogens (tertiary/aromatic N) is 7. The van der Waals surface area contributed by atoms with Gasteiger partial charge in [0.2, 0.25) is 0 Å². The van der Waals surface area contributed by atoms with Gasteiger partial charge in [-0.15, -0.1) is 0 Å². The maximum absolute atomic E-state index is 5.20. The zero-order valence-corrected chi connectivity index (χ0v) is 28.6. The number of rotatable bonds is 5. The third-order valence-electron chi connectivity index (χ3n) is 11.1. The summed E-state index contributed by atoms with van der Waals surface area (Å²) in [6.07, 6.45) is 18.6. The first-order chi connectivity index (χ1) is 26.3. The second-order valence-corrected chi connectivity index (χ2v) is 13.8. The largest absolute Gasteiger partial charge is 0.330 e. The molecule has 7 heteroatoms. The number of fused-ring (bicyclic) bond motifs is 10. The molecule has 3 aromatic heterocycles. The van der Waals surface area contributed by atoms with Crippen molar-refractivity contribution in [3.63, 3.8) is 0 Å². The third kappa shape index (κ3) is 4.44. The SMILES string of the molecule is C1=CC(n2ccnc2)CC=C1c1nc(-c2ccc(-n3ccnc3)cc2)nc(-c2ccc3c(c2)C2(c4ccccc4-c4ccccc42)c2ccccc2-3)n1. The second kappa shape index (κ2) is 11.5. The summed E-state index contributed by atoms with van der Waals surface area (Å²) < 4.78 is 4.10. The molecule has 8 aromatic rings. The van der Waals surface area contributed by atoms with Gasteiger partial charge in [-0.2, -0.15) is 0 Å². The van der Waals surface area contributed by atoms with Crippen LogP contribution in [0, 0.1) is 0 Å². The van der Waals surface area contributed by atoms with E-state index in [2.05, 4.69) is 148 Å². The van der Waals surface area contributed by atoms with Gasteiger partial charge in [0.15, 0.2) is 17.5 Å². The summed E-state index contributed by atoms with van der Waals surface area (Å²) in [6.45, 7) is 0. The van der Waals surface area contributed by atoms with Crippen molar-refractivity contribution in [1.82, 2.24) is 34.1 Å². The molecule has 0 saturated carbocycles. The standard InChI is InChI=1S/C46H31N7/c1-4-10-39-35(7-1)36-8-2-5-11-40(36)46(39)41-12-6-3-9-37(41)38-22-17-32(27-42(38)46)45-50-43(30-13-18-33(19-14-30)52-25-23-47-28-52)49-44(51-45)31-15-20-34(21-16-31)53-26-24-48-29-53/h1-20,22-29,34H,21H2. The number of imidazole rings is 2. The molecule has 250 valence electrons. The average Bonchev–Trinajstić information content (AvgIpc) is 4.06. The highest BCUT2D eigenvalue weighted by molar-refractivity contribution is 5.95. The molecule has 11 rings (SSSR count). The highest BCUT2D eigenvalue weighted by atomic mass is 15.1. The number of hydrogen-bond donors (Lipinski definition) is 0. The molecule has 1 spiro atoms. The van der Waals surface area contributed by atoms with Gasteiger partial charge in [-0.25, -0.2) is 24.9 Å². The Morgan fingerprint density at radius 1 is 0.547 bits per heavy atom. The Kier molecular flexibility index (Phi) is 6.46. The smallest absolute Gasteiger partial charge is 0.164 e. The Balaban J connectivity index is 1.09. The molecule has 1 unspecified atom stereocenters. The van der Waals surface area contributed by atoms with Crippen molar-refractivity contribution in [2.75, 3.05) is 0 Å². The number of allylic oxidation sites excluding steroid dienone is 4. The number of aromatic nitrogens is 7. The predicted octanol–water partition coefficient (Wildman–Crippen LogP) is 9.52. The fourth-order valence-corrected chi connectivity index (χ4v) is 8.65. The molecule has 0 amide bonds. The van der Waals surface area contributed by atoms with E-state index in [0.29, 0.717) is 17.5 Å². The van der Waals surface area contributed by atoms with E-state index in [4.69, 9.17) is 15.0 Å². The lowest BCUT2D eigenvalue weighted by Crippen LogP contribution is -2.25. The van der Waals surface area contributed by atoms with Crippen molar-refractivity contribution in [3.05, 3.63) is 199 Å². The van der Waals surface area contributed by atoms with E-state index in [1.807, 2.05) is 29.5 Å². The maximum atomic E-state index is 5.20. The van der Waals surface area contributed by atoms with Crippen LogP contribution < -0.4 is 0 Å². The van der Waals surface area contributed by atoms with Crippen molar-refractivity contribution in [1.29, 1.82) is 0 Å². The van der Waals surface area contributed by atoms with Crippen LogP contribution in [0.2, 0.25) is 0 Å². The number of hydrogen-bond acceptors (Lipinski definition) is 5. The first kappa shape index (κ1) is 29.7. The van der Waals surface area contributed by atoms with E-state index in [-0.39, 0.29) is 6.04 Å². The molecule has 53 heavy (non-hydrogen) atoms. The molecule has 3 aliphatic rings. The lowest BCUT2D eigenvalue weighted by molar-refractivity contribution is 0.608. The highest BCUT2D eigenvalue weighted by Crippen LogP contribution is 2.62. The van der Waals surface area contributed by atoms with E-state index in [0.717, 1.165) is 28.8 Å². The predicted molar refractivity (Wildman–Crippen MR) is 207 cm³/mol. The minimum atomic E-state index is -0.450. The number of benzene rings is 5. The third-order valence-corrected chi connectivity index (χ3v) is 11.1. The van der Waals surface area contributed by atoms with Crippen molar-refractivity contribution in [2.24, 2.45) is 0 Å². The van der Waals surface area contributed by atoms with Gasteiger partial charge in [-0.05, 0) is 81.3 Å². The van der Waals surface area contributed by atoms with Gasteiger partial charge in [-0.1, -0.05) is 103 Å². The topological polar surface area (TPSA) is 74.3 Å². The van der Waals surface area contributed by atoms with Crippen molar-refractivity contribution in [2.45, 2.75) is 17.9 Å². The molecule has 0 saturated heterocycles. The zero-order chi connectivity index (χ0) is 34.9. The van der Waals surface area contributed by atoms with E-state index in [1.54, 1.807) is 12.5 Å². The quantitative estimate of drug-likeness (QED) is 0.181. The molecule has 0 fully saturated rings. The van der Waals surface area contributed by atoms with Gasteiger partial charge in [0.05, 0.1) is 24.1 Å². The highest BCUT2D eigenvalue weighted by Gasteiger charge is 2.51. The van der Waals surface area contributed by atoms with Gasteiger partial charge in [0.25, 0.3) is 0 Å². The van der Waals surface area contributed by atoms with Crippen LogP contribution in [0.4, 0.5) is 0 Å². The van der Waals surface area contributed by atoms with E-state index in [9.17, 15) is 0 Å². The van der Waals surface area contributed by atoms with Crippen LogP contribution in [0.25, 0.3) is 56.3 Å². The molecule has 5 aromatic carbocycles. The van der Waals surface area contributed by atoms with Crippen LogP contribution in [-0.4, -0.2) is 34.1 Å². The molecule has 3 heterocycles. The van der Waals surface area contributed by atoms with E-state index >= 15 is 0 Å². The second-order valence-electron chi connectivity index (χ2n) is 13.8. The van der Waals surface area contributed by atoms with Gasteiger partial charge in [0, 0.05) is 47.2 Å². The maximum Gasteiger partial charge on any atom is 0.164 e. The first-order valence-corrected chi connectivity index (χ1v) is 17.9. The summed E-state index contributed by atoms with van der Waals surface area (Å²) >= 11 is 0. The van der Waals surface area contributed by atoms with E-state index < -0.39 is 5.41 Å². The van der Waals surface area contributed by atoms with Gasteiger partial charge in [0.1, 0.15) is 0 Å². The summed E-state index contributed by atoms with van der Waals surface area (Å²) in [5.74, 6) is 1.92. The first-order valence-electron chi connectivity index (χ1n) is 17.9. The molecule has 3 aliphatic carbocycles. The van der Waals surface area contributed by atoms with Crippen LogP contribution in [-0.2, 0) is 5.41 Å². The molecule has 0 N–H and O–H groups in total. The van der Waals surface area contributed by atoms with Gasteiger partial charge < -0.3 is 9.13 Å². The van der Waals surface area contributed by atoms with Gasteiger partial charge >= 0.3 is 0 Å². The molecule has 7 nitrogen and oxygen atoms in total. The zero-order valence-electron chi connectivity index (χ0n) is 28.6. The van der Waals surface area contributed by atoms with Crippen molar-refractivity contribution < 1.29 is 0 Å². The summed E-state index contributed by atoms with van der Waals surface area (Å²) in [5.41, 5.74) is 13.7. The Bertz CT molecular complexity index is 2690. The summed E-state index contributed by atoms with van der Waals surface area (Å²) in [7, 11) is 0.